The van der Waals surface area contributed by atoms with Crippen LogP contribution in [-0.2, 0) is 16.1 Å². The Morgan fingerprint density at radius 3 is 2.66 bits per heavy atom. The molecule has 162 valence electrons. The van der Waals surface area contributed by atoms with Crippen LogP contribution in [0.15, 0.2) is 35.3 Å². The number of hydrogen-bond acceptors (Lipinski definition) is 3. The van der Waals surface area contributed by atoms with Gasteiger partial charge >= 0.3 is 0 Å². The van der Waals surface area contributed by atoms with Crippen molar-refractivity contribution in [2.24, 2.45) is 4.99 Å². The lowest BCUT2D eigenvalue weighted by molar-refractivity contribution is -0.130. The standard InChI is InChI=1S/C21H33N5O2.HI/c1-3-22-21(23-13-8-16-26-15-7-11-20(26)28)24-14-12-19(27)25(2)17-18-9-5-4-6-10-18;/h4-6,9-10H,3,7-8,11-17H2,1-2H3,(H2,22,23,24);1H. The van der Waals surface area contributed by atoms with Crippen LogP contribution in [0.1, 0.15) is 38.2 Å². The fourth-order valence-electron chi connectivity index (χ4n) is 3.16. The van der Waals surface area contributed by atoms with Gasteiger partial charge in [0.15, 0.2) is 5.96 Å². The average Bonchev–Trinajstić information content (AvgIpc) is 3.10. The van der Waals surface area contributed by atoms with Gasteiger partial charge in [-0.1, -0.05) is 30.3 Å². The van der Waals surface area contributed by atoms with E-state index in [0.717, 1.165) is 38.0 Å². The van der Waals surface area contributed by atoms with E-state index in [9.17, 15) is 9.59 Å². The molecule has 1 aromatic carbocycles. The monoisotopic (exact) mass is 515 g/mol. The third-order valence-corrected chi connectivity index (χ3v) is 4.69. The van der Waals surface area contributed by atoms with E-state index in [1.807, 2.05) is 49.2 Å². The number of benzene rings is 1. The first-order valence-corrected chi connectivity index (χ1v) is 10.2. The number of carbonyl (C=O) groups is 2. The molecule has 1 heterocycles. The number of aliphatic imine (C=N–C) groups is 1. The van der Waals surface area contributed by atoms with Crippen LogP contribution in [0.4, 0.5) is 0 Å². The number of carbonyl (C=O) groups excluding carboxylic acids is 2. The number of amides is 2. The molecule has 0 radical (unpaired) electrons. The summed E-state index contributed by atoms with van der Waals surface area (Å²) in [6.45, 7) is 6.22. The predicted octanol–water partition coefficient (Wildman–Crippen LogP) is 2.22. The van der Waals surface area contributed by atoms with Crippen molar-refractivity contribution < 1.29 is 9.59 Å². The van der Waals surface area contributed by atoms with Gasteiger partial charge in [0.05, 0.1) is 0 Å². The topological polar surface area (TPSA) is 77.0 Å². The normalized spacial score (nSPS) is 13.8. The second-order valence-electron chi connectivity index (χ2n) is 7.01. The minimum Gasteiger partial charge on any atom is -0.357 e. The Kier molecular flexibility index (Phi) is 12.3. The number of hydrogen-bond donors (Lipinski definition) is 2. The Balaban J connectivity index is 0.00000420. The van der Waals surface area contributed by atoms with Crippen molar-refractivity contribution in [2.45, 2.75) is 39.2 Å². The van der Waals surface area contributed by atoms with Crippen LogP contribution in [0.25, 0.3) is 0 Å². The summed E-state index contributed by atoms with van der Waals surface area (Å²) in [4.78, 5) is 32.1. The first-order valence-electron chi connectivity index (χ1n) is 10.2. The highest BCUT2D eigenvalue weighted by molar-refractivity contribution is 14.0. The largest absolute Gasteiger partial charge is 0.357 e. The third kappa shape index (κ3) is 9.47. The highest BCUT2D eigenvalue weighted by atomic mass is 127. The van der Waals surface area contributed by atoms with E-state index in [-0.39, 0.29) is 35.8 Å². The molecule has 0 aliphatic carbocycles. The van der Waals surface area contributed by atoms with Crippen LogP contribution in [0.2, 0.25) is 0 Å². The zero-order valence-corrected chi connectivity index (χ0v) is 19.9. The van der Waals surface area contributed by atoms with E-state index in [0.29, 0.717) is 38.4 Å². The van der Waals surface area contributed by atoms with Gasteiger partial charge in [-0.2, -0.15) is 0 Å². The van der Waals surface area contributed by atoms with Crippen molar-refractivity contribution in [3.63, 3.8) is 0 Å². The summed E-state index contributed by atoms with van der Waals surface area (Å²) in [5.74, 6) is 1.07. The summed E-state index contributed by atoms with van der Waals surface area (Å²) in [7, 11) is 1.83. The highest BCUT2D eigenvalue weighted by Crippen LogP contribution is 2.09. The Morgan fingerprint density at radius 2 is 2.00 bits per heavy atom. The molecule has 1 aliphatic heterocycles. The van der Waals surface area contributed by atoms with Crippen LogP contribution >= 0.6 is 24.0 Å². The lowest BCUT2D eigenvalue weighted by atomic mass is 10.2. The minimum atomic E-state index is 0. The molecule has 29 heavy (non-hydrogen) atoms. The van der Waals surface area contributed by atoms with Crippen LogP contribution in [0, 0.1) is 0 Å². The van der Waals surface area contributed by atoms with Crippen molar-refractivity contribution in [3.8, 4) is 0 Å². The van der Waals surface area contributed by atoms with E-state index < -0.39 is 0 Å². The molecule has 1 fully saturated rings. The van der Waals surface area contributed by atoms with Gasteiger partial charge in [0.25, 0.3) is 0 Å². The zero-order chi connectivity index (χ0) is 20.2. The molecule has 0 spiro atoms. The first kappa shape index (κ1) is 25.2. The molecule has 0 atom stereocenters. The molecule has 2 amide bonds. The van der Waals surface area contributed by atoms with Crippen LogP contribution in [0.5, 0.6) is 0 Å². The second-order valence-corrected chi connectivity index (χ2v) is 7.01. The molecular formula is C21H34IN5O2. The summed E-state index contributed by atoms with van der Waals surface area (Å²) in [5, 5.41) is 6.41. The molecule has 2 N–H and O–H groups in total. The molecular weight excluding hydrogens is 481 g/mol. The Bertz CT molecular complexity index is 654. The summed E-state index contributed by atoms with van der Waals surface area (Å²) in [6, 6.07) is 9.98. The van der Waals surface area contributed by atoms with Crippen LogP contribution in [-0.4, -0.2) is 67.3 Å². The predicted molar refractivity (Wildman–Crippen MR) is 127 cm³/mol. The lowest BCUT2D eigenvalue weighted by Gasteiger charge is -2.18. The van der Waals surface area contributed by atoms with Crippen molar-refractivity contribution in [2.75, 3.05) is 39.8 Å². The highest BCUT2D eigenvalue weighted by Gasteiger charge is 2.18. The third-order valence-electron chi connectivity index (χ3n) is 4.69. The van der Waals surface area contributed by atoms with E-state index in [1.165, 1.54) is 0 Å². The van der Waals surface area contributed by atoms with E-state index in [2.05, 4.69) is 15.6 Å². The van der Waals surface area contributed by atoms with Gasteiger partial charge < -0.3 is 20.4 Å². The number of likely N-dealkylation sites (tertiary alicyclic amines) is 1. The first-order chi connectivity index (χ1) is 13.6. The van der Waals surface area contributed by atoms with E-state index >= 15 is 0 Å². The maximum absolute atomic E-state index is 12.3. The molecule has 1 aliphatic rings. The number of halogens is 1. The van der Waals surface area contributed by atoms with E-state index in [1.54, 1.807) is 4.90 Å². The number of nitrogens with zero attached hydrogens (tertiary/aromatic N) is 3. The zero-order valence-electron chi connectivity index (χ0n) is 17.5. The fraction of sp³-hybridized carbons (Fsp3) is 0.571. The van der Waals surface area contributed by atoms with Crippen molar-refractivity contribution in [1.82, 2.24) is 20.4 Å². The van der Waals surface area contributed by atoms with Crippen molar-refractivity contribution in [1.29, 1.82) is 0 Å². The summed E-state index contributed by atoms with van der Waals surface area (Å²) in [6.07, 6.45) is 2.91. The van der Waals surface area contributed by atoms with Crippen LogP contribution in [0.3, 0.4) is 0 Å². The molecule has 0 unspecified atom stereocenters. The number of nitrogens with one attached hydrogen (secondary N) is 2. The fourth-order valence-corrected chi connectivity index (χ4v) is 3.16. The van der Waals surface area contributed by atoms with Gasteiger partial charge in [-0.15, -0.1) is 24.0 Å². The molecule has 8 heteroatoms. The maximum Gasteiger partial charge on any atom is 0.224 e. The molecule has 1 saturated heterocycles. The second kappa shape index (κ2) is 14.2. The molecule has 7 nitrogen and oxygen atoms in total. The average molecular weight is 515 g/mol. The van der Waals surface area contributed by atoms with Gasteiger partial charge in [-0.3, -0.25) is 14.6 Å². The molecule has 0 aromatic heterocycles. The Hall–Kier alpha value is -1.84. The smallest absolute Gasteiger partial charge is 0.224 e. The number of rotatable bonds is 10. The molecule has 0 saturated carbocycles. The summed E-state index contributed by atoms with van der Waals surface area (Å²) in [5.41, 5.74) is 1.12. The van der Waals surface area contributed by atoms with Gasteiger partial charge in [0, 0.05) is 59.2 Å². The van der Waals surface area contributed by atoms with Gasteiger partial charge in [0.2, 0.25) is 11.8 Å². The van der Waals surface area contributed by atoms with Crippen molar-refractivity contribution >= 4 is 41.8 Å². The van der Waals surface area contributed by atoms with Gasteiger partial charge in [-0.05, 0) is 25.3 Å². The van der Waals surface area contributed by atoms with Gasteiger partial charge in [0.1, 0.15) is 0 Å². The quantitative estimate of drug-likeness (QED) is 0.217. The maximum atomic E-state index is 12.3. The minimum absolute atomic E-state index is 0. The van der Waals surface area contributed by atoms with Gasteiger partial charge in [-0.25, -0.2) is 0 Å². The lowest BCUT2D eigenvalue weighted by Crippen LogP contribution is -2.39. The summed E-state index contributed by atoms with van der Waals surface area (Å²) >= 11 is 0. The number of guanidine groups is 1. The van der Waals surface area contributed by atoms with Crippen molar-refractivity contribution in [3.05, 3.63) is 35.9 Å². The Labute approximate surface area is 191 Å². The molecule has 1 aromatic rings. The molecule has 2 rings (SSSR count). The van der Waals surface area contributed by atoms with E-state index in [4.69, 9.17) is 0 Å². The molecule has 0 bridgehead atoms. The SMILES string of the molecule is CCNC(=NCCCN1CCCC1=O)NCCC(=O)N(C)Cc1ccccc1.I. The van der Waals surface area contributed by atoms with Crippen LogP contribution < -0.4 is 10.6 Å². The Morgan fingerprint density at radius 1 is 1.24 bits per heavy atom. The summed E-state index contributed by atoms with van der Waals surface area (Å²) < 4.78 is 0.